The lowest BCUT2D eigenvalue weighted by atomic mass is 9.98. The van der Waals surface area contributed by atoms with Gasteiger partial charge in [-0.25, -0.2) is 9.37 Å². The molecule has 1 saturated heterocycles. The number of hydrogen-bond acceptors (Lipinski definition) is 3. The molecule has 3 nitrogen and oxygen atoms in total. The minimum Gasteiger partial charge on any atom is -0.439 e. The lowest BCUT2D eigenvalue weighted by Crippen LogP contribution is -2.08. The Balaban J connectivity index is 2.10. The molecular formula is C12H12ClFN2O. The van der Waals surface area contributed by atoms with Gasteiger partial charge in [0.25, 0.3) is 0 Å². The zero-order valence-electron chi connectivity index (χ0n) is 9.34. The molecule has 90 valence electrons. The van der Waals surface area contributed by atoms with E-state index in [1.807, 2.05) is 0 Å². The highest BCUT2D eigenvalue weighted by Gasteiger charge is 2.29. The summed E-state index contributed by atoms with van der Waals surface area (Å²) in [5.74, 6) is 0.957. The molecule has 2 unspecified atom stereocenters. The van der Waals surface area contributed by atoms with Gasteiger partial charge in [-0.2, -0.15) is 0 Å². The molecule has 0 radical (unpaired) electrons. The summed E-state index contributed by atoms with van der Waals surface area (Å²) in [5.41, 5.74) is 0.964. The standard InChI is InChI=1S/C12H12ClFN2O/c1-6-4-15-5-8(6)12-16-10-3-7(14)2-9(13)11(10)17-12/h2-3,6,8,15H,4-5H2,1H3. The molecule has 0 saturated carbocycles. The van der Waals surface area contributed by atoms with Gasteiger partial charge in [0.1, 0.15) is 11.3 Å². The number of aromatic nitrogens is 1. The molecule has 0 bridgehead atoms. The van der Waals surface area contributed by atoms with E-state index in [-0.39, 0.29) is 16.8 Å². The number of oxazole rings is 1. The van der Waals surface area contributed by atoms with Crippen LogP contribution >= 0.6 is 11.6 Å². The molecule has 1 aromatic carbocycles. The van der Waals surface area contributed by atoms with Crippen molar-refractivity contribution < 1.29 is 8.81 Å². The average molecular weight is 255 g/mol. The molecule has 1 aliphatic heterocycles. The Labute approximate surface area is 103 Å². The maximum atomic E-state index is 13.2. The van der Waals surface area contributed by atoms with E-state index in [0.29, 0.717) is 22.9 Å². The summed E-state index contributed by atoms with van der Waals surface area (Å²) in [6.45, 7) is 3.93. The van der Waals surface area contributed by atoms with Crippen molar-refractivity contribution >= 4 is 22.7 Å². The van der Waals surface area contributed by atoms with Crippen molar-refractivity contribution in [1.29, 1.82) is 0 Å². The van der Waals surface area contributed by atoms with Crippen molar-refractivity contribution in [3.05, 3.63) is 28.9 Å². The lowest BCUT2D eigenvalue weighted by molar-refractivity contribution is 0.435. The van der Waals surface area contributed by atoms with Crippen molar-refractivity contribution in [2.45, 2.75) is 12.8 Å². The smallest absolute Gasteiger partial charge is 0.200 e. The van der Waals surface area contributed by atoms with E-state index in [1.54, 1.807) is 0 Å². The molecule has 0 amide bonds. The molecule has 1 N–H and O–H groups in total. The molecule has 3 rings (SSSR count). The first-order valence-electron chi connectivity index (χ1n) is 5.61. The highest BCUT2D eigenvalue weighted by molar-refractivity contribution is 6.34. The van der Waals surface area contributed by atoms with Gasteiger partial charge in [0.15, 0.2) is 11.5 Å². The fourth-order valence-corrected chi connectivity index (χ4v) is 2.52. The molecule has 2 aromatic rings. The monoisotopic (exact) mass is 254 g/mol. The number of hydrogen-bond donors (Lipinski definition) is 1. The Morgan fingerprint density at radius 3 is 3.00 bits per heavy atom. The predicted octanol–water partition coefficient (Wildman–Crippen LogP) is 2.94. The Morgan fingerprint density at radius 1 is 1.47 bits per heavy atom. The van der Waals surface area contributed by atoms with Crippen molar-refractivity contribution in [3.8, 4) is 0 Å². The molecule has 2 heterocycles. The second-order valence-corrected chi connectivity index (χ2v) is 4.94. The van der Waals surface area contributed by atoms with Gasteiger partial charge in [-0.15, -0.1) is 0 Å². The lowest BCUT2D eigenvalue weighted by Gasteiger charge is -2.08. The number of fused-ring (bicyclic) bond motifs is 1. The van der Waals surface area contributed by atoms with Crippen LogP contribution in [0.3, 0.4) is 0 Å². The quantitative estimate of drug-likeness (QED) is 0.850. The van der Waals surface area contributed by atoms with E-state index in [0.717, 1.165) is 13.1 Å². The van der Waals surface area contributed by atoms with Crippen molar-refractivity contribution in [2.75, 3.05) is 13.1 Å². The maximum absolute atomic E-state index is 13.2. The molecular weight excluding hydrogens is 243 g/mol. The minimum absolute atomic E-state index is 0.238. The van der Waals surface area contributed by atoms with Crippen LogP contribution in [0.2, 0.25) is 5.02 Å². The van der Waals surface area contributed by atoms with Crippen LogP contribution in [0.1, 0.15) is 18.7 Å². The normalized spacial score (nSPS) is 24.6. The summed E-state index contributed by atoms with van der Waals surface area (Å²) in [6, 6.07) is 2.59. The van der Waals surface area contributed by atoms with Gasteiger partial charge in [-0.05, 0) is 18.5 Å². The first-order valence-corrected chi connectivity index (χ1v) is 5.99. The third-order valence-corrected chi connectivity index (χ3v) is 3.54. The van der Waals surface area contributed by atoms with Gasteiger partial charge in [-0.3, -0.25) is 0 Å². The number of nitrogens with zero attached hydrogens (tertiary/aromatic N) is 1. The number of benzene rings is 1. The van der Waals surface area contributed by atoms with E-state index in [1.165, 1.54) is 12.1 Å². The number of halogens is 2. The number of nitrogens with one attached hydrogen (secondary N) is 1. The van der Waals surface area contributed by atoms with E-state index >= 15 is 0 Å². The maximum Gasteiger partial charge on any atom is 0.200 e. The third kappa shape index (κ3) is 1.81. The molecule has 5 heteroatoms. The van der Waals surface area contributed by atoms with E-state index in [4.69, 9.17) is 16.0 Å². The first-order chi connectivity index (χ1) is 8.15. The third-order valence-electron chi connectivity index (χ3n) is 3.26. The van der Waals surface area contributed by atoms with Gasteiger partial charge in [0.05, 0.1) is 10.9 Å². The second kappa shape index (κ2) is 3.96. The van der Waals surface area contributed by atoms with Crippen LogP contribution in [-0.4, -0.2) is 18.1 Å². The Morgan fingerprint density at radius 2 is 2.29 bits per heavy atom. The minimum atomic E-state index is -0.389. The Hall–Kier alpha value is -1.13. The van der Waals surface area contributed by atoms with Gasteiger partial charge in [0, 0.05) is 12.6 Å². The van der Waals surface area contributed by atoms with Crippen LogP contribution < -0.4 is 5.32 Å². The zero-order chi connectivity index (χ0) is 12.0. The van der Waals surface area contributed by atoms with Crippen LogP contribution in [0.15, 0.2) is 16.5 Å². The molecule has 1 aliphatic rings. The van der Waals surface area contributed by atoms with Gasteiger partial charge in [-0.1, -0.05) is 18.5 Å². The highest BCUT2D eigenvalue weighted by atomic mass is 35.5. The van der Waals surface area contributed by atoms with E-state index in [9.17, 15) is 4.39 Å². The van der Waals surface area contributed by atoms with Crippen LogP contribution in [0.4, 0.5) is 4.39 Å². The van der Waals surface area contributed by atoms with Crippen LogP contribution in [0.5, 0.6) is 0 Å². The zero-order valence-corrected chi connectivity index (χ0v) is 10.1. The predicted molar refractivity (Wildman–Crippen MR) is 63.8 cm³/mol. The van der Waals surface area contributed by atoms with Crippen LogP contribution in [0.25, 0.3) is 11.1 Å². The largest absolute Gasteiger partial charge is 0.439 e. The van der Waals surface area contributed by atoms with Crippen molar-refractivity contribution in [3.63, 3.8) is 0 Å². The van der Waals surface area contributed by atoms with Crippen molar-refractivity contribution in [1.82, 2.24) is 10.3 Å². The van der Waals surface area contributed by atoms with Gasteiger partial charge < -0.3 is 9.73 Å². The molecule has 1 aromatic heterocycles. The van der Waals surface area contributed by atoms with Crippen LogP contribution in [0, 0.1) is 11.7 Å². The summed E-state index contributed by atoms with van der Waals surface area (Å²) in [5, 5.41) is 3.56. The van der Waals surface area contributed by atoms with Crippen molar-refractivity contribution in [2.24, 2.45) is 5.92 Å². The molecule has 1 fully saturated rings. The molecule has 0 aliphatic carbocycles. The Kier molecular flexibility index (Phi) is 2.56. The summed E-state index contributed by atoms with van der Waals surface area (Å²) >= 11 is 5.93. The van der Waals surface area contributed by atoms with Gasteiger partial charge in [0.2, 0.25) is 0 Å². The van der Waals surface area contributed by atoms with Crippen LogP contribution in [-0.2, 0) is 0 Å². The Bertz CT molecular complexity index is 569. The second-order valence-electron chi connectivity index (χ2n) is 4.53. The molecule has 0 spiro atoms. The fraction of sp³-hybridized carbons (Fsp3) is 0.417. The SMILES string of the molecule is CC1CNCC1c1nc2cc(F)cc(Cl)c2o1. The van der Waals surface area contributed by atoms with E-state index in [2.05, 4.69) is 17.2 Å². The fourth-order valence-electron chi connectivity index (χ4n) is 2.28. The van der Waals surface area contributed by atoms with Gasteiger partial charge >= 0.3 is 0 Å². The number of rotatable bonds is 1. The average Bonchev–Trinajstić information content (AvgIpc) is 2.83. The molecule has 2 atom stereocenters. The highest BCUT2D eigenvalue weighted by Crippen LogP contribution is 2.32. The summed E-state index contributed by atoms with van der Waals surface area (Å²) < 4.78 is 18.8. The van der Waals surface area contributed by atoms with E-state index < -0.39 is 0 Å². The summed E-state index contributed by atoms with van der Waals surface area (Å²) in [6.07, 6.45) is 0. The summed E-state index contributed by atoms with van der Waals surface area (Å²) in [7, 11) is 0. The topological polar surface area (TPSA) is 38.1 Å². The summed E-state index contributed by atoms with van der Waals surface area (Å²) in [4.78, 5) is 4.34. The first kappa shape index (κ1) is 11.0. The molecule has 17 heavy (non-hydrogen) atoms.